The Balaban J connectivity index is 1.75. The van der Waals surface area contributed by atoms with Crippen molar-refractivity contribution in [1.29, 1.82) is 0 Å². The second-order valence-electron chi connectivity index (χ2n) is 6.99. The van der Waals surface area contributed by atoms with Gasteiger partial charge in [0.05, 0.1) is 12.2 Å². The lowest BCUT2D eigenvalue weighted by atomic mass is 9.90. The predicted molar refractivity (Wildman–Crippen MR) is 122 cm³/mol. The molecule has 3 nitrogen and oxygen atoms in total. The summed E-state index contributed by atoms with van der Waals surface area (Å²) in [5.74, 6) is 0.738. The fourth-order valence-corrected chi connectivity index (χ4v) is 6.49. The van der Waals surface area contributed by atoms with Crippen LogP contribution in [0.25, 0.3) is 10.2 Å². The average molecular weight is 472 g/mol. The molecule has 0 aliphatic carbocycles. The molecular weight excluding hydrogens is 451 g/mol. The number of hydrogen-bond acceptors (Lipinski definition) is 6. The highest BCUT2D eigenvalue weighted by Crippen LogP contribution is 2.43. The predicted octanol–water partition coefficient (Wildman–Crippen LogP) is 7.25. The maximum absolute atomic E-state index is 6.37. The Labute approximate surface area is 187 Å². The van der Waals surface area contributed by atoms with Gasteiger partial charge in [-0.3, -0.25) is 0 Å². The van der Waals surface area contributed by atoms with E-state index in [1.54, 1.807) is 40.9 Å². The molecule has 0 amide bonds. The zero-order valence-electron chi connectivity index (χ0n) is 15.8. The summed E-state index contributed by atoms with van der Waals surface area (Å²) in [6, 6.07) is 5.65. The molecule has 1 unspecified atom stereocenters. The number of nitrogens with zero attached hydrogens (tertiary/aromatic N) is 2. The molecule has 1 aromatic carbocycles. The van der Waals surface area contributed by atoms with Crippen LogP contribution in [-0.2, 0) is 23.5 Å². The van der Waals surface area contributed by atoms with Gasteiger partial charge in [0.2, 0.25) is 0 Å². The smallest absolute Gasteiger partial charge is 0.189 e. The molecule has 28 heavy (non-hydrogen) atoms. The normalized spacial score (nSPS) is 19.2. The number of rotatable bonds is 5. The maximum Gasteiger partial charge on any atom is 0.189 e. The van der Waals surface area contributed by atoms with Gasteiger partial charge in [0.15, 0.2) is 5.16 Å². The quantitative estimate of drug-likeness (QED) is 0.222. The molecule has 3 aromatic rings. The van der Waals surface area contributed by atoms with Crippen LogP contribution in [0.15, 0.2) is 28.4 Å². The molecule has 0 saturated heterocycles. The van der Waals surface area contributed by atoms with Crippen molar-refractivity contribution in [3.63, 3.8) is 0 Å². The largest absolute Gasteiger partial charge is 0.369 e. The molecule has 1 aliphatic rings. The zero-order valence-corrected chi connectivity index (χ0v) is 19.8. The highest BCUT2D eigenvalue weighted by molar-refractivity contribution is 7.99. The van der Waals surface area contributed by atoms with Gasteiger partial charge in [0.1, 0.15) is 9.86 Å². The van der Waals surface area contributed by atoms with Gasteiger partial charge in [-0.15, -0.1) is 23.1 Å². The summed E-state index contributed by atoms with van der Waals surface area (Å²) in [6.45, 7) is 5.03. The fourth-order valence-electron chi connectivity index (χ4n) is 3.23. The first kappa shape index (κ1) is 20.8. The summed E-state index contributed by atoms with van der Waals surface area (Å²) in [7, 11) is 0. The molecule has 0 spiro atoms. The van der Waals surface area contributed by atoms with Crippen LogP contribution < -0.4 is 0 Å². The first-order valence-corrected chi connectivity index (χ1v) is 12.8. The molecular formula is C20H20Cl2N2OS3. The Hall–Kier alpha value is -0.500. The van der Waals surface area contributed by atoms with Gasteiger partial charge in [-0.25, -0.2) is 9.97 Å². The van der Waals surface area contributed by atoms with Crippen LogP contribution in [0.4, 0.5) is 0 Å². The number of fused-ring (bicyclic) bond motifs is 3. The van der Waals surface area contributed by atoms with E-state index in [1.807, 2.05) is 18.4 Å². The van der Waals surface area contributed by atoms with Crippen molar-refractivity contribution in [3.8, 4) is 0 Å². The number of hydrogen-bond donors (Lipinski definition) is 0. The number of thiophene rings is 1. The van der Waals surface area contributed by atoms with Crippen LogP contribution in [0, 0.1) is 0 Å². The van der Waals surface area contributed by atoms with E-state index in [2.05, 4.69) is 13.8 Å². The first-order chi connectivity index (χ1) is 13.4. The minimum Gasteiger partial charge on any atom is -0.369 e. The maximum atomic E-state index is 6.37. The fraction of sp³-hybridized carbons (Fsp3) is 0.400. The number of halogens is 2. The SMILES string of the molecule is CCC1(C)Cc2c(sc3nc(SC)nc(SCc4ccc(Cl)cc4Cl)c23)CO1. The van der Waals surface area contributed by atoms with Crippen LogP contribution in [0.3, 0.4) is 0 Å². The van der Waals surface area contributed by atoms with Crippen molar-refractivity contribution in [2.24, 2.45) is 0 Å². The topological polar surface area (TPSA) is 35.0 Å². The Morgan fingerprint density at radius 2 is 2.11 bits per heavy atom. The summed E-state index contributed by atoms with van der Waals surface area (Å²) >= 11 is 17.4. The number of ether oxygens (including phenoxy) is 1. The molecule has 0 saturated carbocycles. The third-order valence-corrected chi connectivity index (χ3v) is 8.35. The molecule has 148 valence electrons. The van der Waals surface area contributed by atoms with Crippen LogP contribution in [0.1, 0.15) is 36.3 Å². The molecule has 3 heterocycles. The van der Waals surface area contributed by atoms with Crippen LogP contribution >= 0.6 is 58.1 Å². The number of aromatic nitrogens is 2. The summed E-state index contributed by atoms with van der Waals surface area (Å²) in [4.78, 5) is 12.0. The van der Waals surface area contributed by atoms with Crippen molar-refractivity contribution in [1.82, 2.24) is 9.97 Å². The van der Waals surface area contributed by atoms with Crippen LogP contribution in [-0.4, -0.2) is 21.8 Å². The Morgan fingerprint density at radius 1 is 1.29 bits per heavy atom. The van der Waals surface area contributed by atoms with E-state index < -0.39 is 0 Å². The summed E-state index contributed by atoms with van der Waals surface area (Å²) in [5.41, 5.74) is 2.29. The average Bonchev–Trinajstić information content (AvgIpc) is 3.04. The molecule has 1 atom stereocenters. The van der Waals surface area contributed by atoms with Crippen molar-refractivity contribution >= 4 is 68.3 Å². The summed E-state index contributed by atoms with van der Waals surface area (Å²) in [6.07, 6.45) is 3.89. The molecule has 0 bridgehead atoms. The third-order valence-electron chi connectivity index (χ3n) is 5.09. The highest BCUT2D eigenvalue weighted by Gasteiger charge is 2.33. The van der Waals surface area contributed by atoms with Gasteiger partial charge >= 0.3 is 0 Å². The standard InChI is InChI=1S/C20H20Cl2N2OS3/c1-4-20(2)8-13-15(9-25-20)28-18-16(13)17(23-19(24-18)26-3)27-10-11-5-6-12(21)7-14(11)22/h5-7H,4,8-10H2,1-3H3. The van der Waals surface area contributed by atoms with E-state index in [0.29, 0.717) is 16.7 Å². The van der Waals surface area contributed by atoms with Crippen molar-refractivity contribution in [2.75, 3.05) is 6.26 Å². The molecule has 0 N–H and O–H groups in total. The second-order valence-corrected chi connectivity index (χ2v) is 10.7. The van der Waals surface area contributed by atoms with Gasteiger partial charge in [-0.1, -0.05) is 48.0 Å². The van der Waals surface area contributed by atoms with E-state index in [9.17, 15) is 0 Å². The Kier molecular flexibility index (Phi) is 6.17. The van der Waals surface area contributed by atoms with Crippen LogP contribution in [0.5, 0.6) is 0 Å². The highest BCUT2D eigenvalue weighted by atomic mass is 35.5. The van der Waals surface area contributed by atoms with Crippen molar-refractivity contribution in [2.45, 2.75) is 54.8 Å². The monoisotopic (exact) mass is 470 g/mol. The number of thioether (sulfide) groups is 2. The zero-order chi connectivity index (χ0) is 19.9. The lowest BCUT2D eigenvalue weighted by Crippen LogP contribution is -2.33. The molecule has 0 fully saturated rings. The van der Waals surface area contributed by atoms with Gasteiger partial charge in [0.25, 0.3) is 0 Å². The van der Waals surface area contributed by atoms with E-state index in [0.717, 1.165) is 39.2 Å². The lowest BCUT2D eigenvalue weighted by molar-refractivity contribution is -0.0543. The van der Waals surface area contributed by atoms with Gasteiger partial charge < -0.3 is 4.74 Å². The van der Waals surface area contributed by atoms with E-state index in [1.165, 1.54) is 15.8 Å². The van der Waals surface area contributed by atoms with Gasteiger partial charge in [-0.05, 0) is 42.9 Å². The summed E-state index contributed by atoms with van der Waals surface area (Å²) in [5, 5.41) is 4.36. The Bertz CT molecular complexity index is 1040. The van der Waals surface area contributed by atoms with Crippen molar-refractivity contribution < 1.29 is 4.74 Å². The molecule has 1 aliphatic heterocycles. The third kappa shape index (κ3) is 4.05. The van der Waals surface area contributed by atoms with E-state index in [4.69, 9.17) is 37.9 Å². The van der Waals surface area contributed by atoms with E-state index in [-0.39, 0.29) is 5.60 Å². The van der Waals surface area contributed by atoms with Crippen molar-refractivity contribution in [3.05, 3.63) is 44.2 Å². The molecule has 4 rings (SSSR count). The number of benzene rings is 1. The minimum atomic E-state index is -0.124. The molecule has 8 heteroatoms. The molecule has 2 aromatic heterocycles. The minimum absolute atomic E-state index is 0.124. The second kappa shape index (κ2) is 8.32. The van der Waals surface area contributed by atoms with Crippen LogP contribution in [0.2, 0.25) is 10.0 Å². The molecule has 0 radical (unpaired) electrons. The van der Waals surface area contributed by atoms with E-state index >= 15 is 0 Å². The first-order valence-electron chi connectivity index (χ1n) is 8.99. The van der Waals surface area contributed by atoms with Gasteiger partial charge in [0, 0.05) is 32.5 Å². The Morgan fingerprint density at radius 3 is 2.82 bits per heavy atom. The lowest BCUT2D eigenvalue weighted by Gasteiger charge is -2.33. The summed E-state index contributed by atoms with van der Waals surface area (Å²) < 4.78 is 6.14. The van der Waals surface area contributed by atoms with Gasteiger partial charge in [-0.2, -0.15) is 0 Å².